The summed E-state index contributed by atoms with van der Waals surface area (Å²) in [7, 11) is 0. The first-order valence-corrected chi connectivity index (χ1v) is 15.8. The van der Waals surface area contributed by atoms with Crippen LogP contribution in [0.3, 0.4) is 0 Å². The number of para-hydroxylation sites is 4. The Labute approximate surface area is 275 Å². The van der Waals surface area contributed by atoms with E-state index in [2.05, 4.69) is 110 Å². The van der Waals surface area contributed by atoms with E-state index in [9.17, 15) is 0 Å². The fourth-order valence-electron chi connectivity index (χ4n) is 5.74. The van der Waals surface area contributed by atoms with Crippen molar-refractivity contribution in [3.8, 4) is 0 Å². The molecule has 0 N–H and O–H groups in total. The first kappa shape index (κ1) is 29.5. The molecule has 0 saturated carbocycles. The zero-order chi connectivity index (χ0) is 32.0. The number of anilines is 4. The zero-order valence-corrected chi connectivity index (χ0v) is 26.5. The first-order valence-electron chi connectivity index (χ1n) is 15.8. The standard InChI is InChI=1S/C42H35N5/c1-32(2)31-45-41-25-23-33(29-43-46(35-15-7-3-8-16-35)36-17-9-4-10-18-36)27-39(41)40-28-34(24-26-42(40)45)30-44-47(37-19-11-5-12-20-37)38-21-13-6-14-22-38/h3-31H,1-2H3/b43-29-,44-30+. The van der Waals surface area contributed by atoms with Gasteiger partial charge in [-0.05, 0) is 97.8 Å². The van der Waals surface area contributed by atoms with Gasteiger partial charge in [-0.15, -0.1) is 0 Å². The number of aromatic nitrogens is 1. The highest BCUT2D eigenvalue weighted by molar-refractivity contribution is 6.12. The highest BCUT2D eigenvalue weighted by Crippen LogP contribution is 2.32. The maximum Gasteiger partial charge on any atom is 0.0652 e. The van der Waals surface area contributed by atoms with E-state index in [4.69, 9.17) is 10.2 Å². The van der Waals surface area contributed by atoms with Crippen LogP contribution in [0.2, 0.25) is 0 Å². The number of fused-ring (bicyclic) bond motifs is 3. The fourth-order valence-corrected chi connectivity index (χ4v) is 5.74. The first-order chi connectivity index (χ1) is 23.1. The van der Waals surface area contributed by atoms with Crippen molar-refractivity contribution >= 4 is 63.2 Å². The van der Waals surface area contributed by atoms with Crippen molar-refractivity contribution in [1.29, 1.82) is 0 Å². The molecule has 0 aliphatic rings. The van der Waals surface area contributed by atoms with Crippen LogP contribution in [0.25, 0.3) is 28.0 Å². The van der Waals surface area contributed by atoms with Crippen molar-refractivity contribution in [2.45, 2.75) is 13.8 Å². The van der Waals surface area contributed by atoms with Crippen molar-refractivity contribution in [2.24, 2.45) is 10.2 Å². The highest BCUT2D eigenvalue weighted by Gasteiger charge is 2.13. The van der Waals surface area contributed by atoms with Gasteiger partial charge in [0.25, 0.3) is 0 Å². The Morgan fingerprint density at radius 3 is 1.13 bits per heavy atom. The molecule has 228 valence electrons. The molecule has 5 nitrogen and oxygen atoms in total. The SMILES string of the molecule is CC(C)=Cn1c2ccc(/C=N\N(c3ccccc3)c3ccccc3)cc2c2cc(/C=N/N(c3ccccc3)c3ccccc3)ccc21. The molecule has 0 saturated heterocycles. The van der Waals surface area contributed by atoms with Crippen LogP contribution >= 0.6 is 0 Å². The number of rotatable bonds is 9. The maximum absolute atomic E-state index is 4.96. The molecule has 0 amide bonds. The number of hydrazone groups is 2. The van der Waals surface area contributed by atoms with Gasteiger partial charge in [0.1, 0.15) is 0 Å². The Bertz CT molecular complexity index is 1970. The lowest BCUT2D eigenvalue weighted by molar-refractivity contribution is 1.09. The molecule has 0 spiro atoms. The van der Waals surface area contributed by atoms with Crippen molar-refractivity contribution in [3.63, 3.8) is 0 Å². The summed E-state index contributed by atoms with van der Waals surface area (Å²) in [4.78, 5) is 0. The largest absolute Gasteiger partial charge is 0.316 e. The summed E-state index contributed by atoms with van der Waals surface area (Å²) in [6.45, 7) is 4.26. The molecular formula is C42H35N5. The molecule has 1 aromatic heterocycles. The van der Waals surface area contributed by atoms with Crippen molar-refractivity contribution in [1.82, 2.24) is 4.57 Å². The second-order valence-electron chi connectivity index (χ2n) is 11.6. The van der Waals surface area contributed by atoms with Crippen LogP contribution in [0.5, 0.6) is 0 Å². The van der Waals surface area contributed by atoms with Gasteiger partial charge in [0, 0.05) is 17.0 Å². The second-order valence-corrected chi connectivity index (χ2v) is 11.6. The minimum Gasteiger partial charge on any atom is -0.316 e. The Hall–Kier alpha value is -6.20. The molecular weight excluding hydrogens is 574 g/mol. The van der Waals surface area contributed by atoms with Gasteiger partial charge < -0.3 is 4.57 Å². The predicted molar refractivity (Wildman–Crippen MR) is 200 cm³/mol. The van der Waals surface area contributed by atoms with E-state index in [1.807, 2.05) is 95.2 Å². The molecule has 0 aliphatic carbocycles. The summed E-state index contributed by atoms with van der Waals surface area (Å²) >= 11 is 0. The van der Waals surface area contributed by atoms with Gasteiger partial charge in [0.2, 0.25) is 0 Å². The summed E-state index contributed by atoms with van der Waals surface area (Å²) in [6, 6.07) is 54.0. The van der Waals surface area contributed by atoms with E-state index in [1.165, 1.54) is 5.57 Å². The molecule has 0 bridgehead atoms. The molecule has 7 rings (SSSR count). The van der Waals surface area contributed by atoms with Crippen LogP contribution in [0.15, 0.2) is 174 Å². The smallest absolute Gasteiger partial charge is 0.0652 e. The molecule has 0 fully saturated rings. The lowest BCUT2D eigenvalue weighted by Crippen LogP contribution is -2.09. The zero-order valence-electron chi connectivity index (χ0n) is 26.5. The number of benzene rings is 6. The summed E-state index contributed by atoms with van der Waals surface area (Å²) in [5.74, 6) is 0. The third-order valence-electron chi connectivity index (χ3n) is 7.89. The predicted octanol–water partition coefficient (Wildman–Crippen LogP) is 11.0. The summed E-state index contributed by atoms with van der Waals surface area (Å²) in [5.41, 5.74) is 9.55. The molecule has 5 heteroatoms. The third-order valence-corrected chi connectivity index (χ3v) is 7.89. The van der Waals surface area contributed by atoms with Crippen molar-refractivity contribution < 1.29 is 0 Å². The number of nitrogens with zero attached hydrogens (tertiary/aromatic N) is 5. The van der Waals surface area contributed by atoms with Crippen LogP contribution in [0.1, 0.15) is 25.0 Å². The van der Waals surface area contributed by atoms with Crippen LogP contribution < -0.4 is 10.0 Å². The summed E-state index contributed by atoms with van der Waals surface area (Å²) in [6.07, 6.45) is 6.07. The fraction of sp³-hybridized carbons (Fsp3) is 0.0476. The third kappa shape index (κ3) is 6.46. The lowest BCUT2D eigenvalue weighted by atomic mass is 10.1. The topological polar surface area (TPSA) is 36.1 Å². The van der Waals surface area contributed by atoms with Gasteiger partial charge >= 0.3 is 0 Å². The molecule has 7 aromatic rings. The Morgan fingerprint density at radius 2 is 0.809 bits per heavy atom. The van der Waals surface area contributed by atoms with E-state index in [0.717, 1.165) is 55.7 Å². The van der Waals surface area contributed by atoms with Gasteiger partial charge in [-0.25, -0.2) is 10.0 Å². The molecule has 0 radical (unpaired) electrons. The van der Waals surface area contributed by atoms with Crippen molar-refractivity contribution in [2.75, 3.05) is 10.0 Å². The van der Waals surface area contributed by atoms with Gasteiger partial charge in [0.05, 0.1) is 46.2 Å². The molecule has 0 atom stereocenters. The highest BCUT2D eigenvalue weighted by atomic mass is 15.5. The Morgan fingerprint density at radius 1 is 0.468 bits per heavy atom. The molecule has 0 unspecified atom stereocenters. The van der Waals surface area contributed by atoms with Gasteiger partial charge in [-0.3, -0.25) is 0 Å². The van der Waals surface area contributed by atoms with E-state index in [1.54, 1.807) is 0 Å². The maximum atomic E-state index is 4.96. The molecule has 6 aromatic carbocycles. The minimum absolute atomic E-state index is 1.00. The molecule has 1 heterocycles. The quantitative estimate of drug-likeness (QED) is 0.121. The molecule has 0 aliphatic heterocycles. The lowest BCUT2D eigenvalue weighted by Gasteiger charge is -2.19. The van der Waals surface area contributed by atoms with Gasteiger partial charge in [-0.1, -0.05) is 90.5 Å². The average Bonchev–Trinajstić information content (AvgIpc) is 3.41. The van der Waals surface area contributed by atoms with E-state index >= 15 is 0 Å². The average molecular weight is 610 g/mol. The normalized spacial score (nSPS) is 11.4. The van der Waals surface area contributed by atoms with Crippen molar-refractivity contribution in [3.05, 3.63) is 174 Å². The Kier molecular flexibility index (Phi) is 8.43. The van der Waals surface area contributed by atoms with Crippen LogP contribution in [-0.4, -0.2) is 17.0 Å². The van der Waals surface area contributed by atoms with Gasteiger partial charge in [-0.2, -0.15) is 10.2 Å². The van der Waals surface area contributed by atoms with Crippen LogP contribution in [-0.2, 0) is 0 Å². The Balaban J connectivity index is 1.30. The number of hydrogen-bond donors (Lipinski definition) is 0. The van der Waals surface area contributed by atoms with E-state index < -0.39 is 0 Å². The minimum atomic E-state index is 1.00. The summed E-state index contributed by atoms with van der Waals surface area (Å²) < 4.78 is 2.28. The number of allylic oxidation sites excluding steroid dienone is 1. The molecule has 47 heavy (non-hydrogen) atoms. The van der Waals surface area contributed by atoms with Gasteiger partial charge in [0.15, 0.2) is 0 Å². The monoisotopic (exact) mass is 609 g/mol. The van der Waals surface area contributed by atoms with Crippen LogP contribution in [0, 0.1) is 0 Å². The number of hydrogen-bond acceptors (Lipinski definition) is 4. The second kappa shape index (κ2) is 13.4. The van der Waals surface area contributed by atoms with Crippen LogP contribution in [0.4, 0.5) is 22.7 Å². The van der Waals surface area contributed by atoms with E-state index in [0.29, 0.717) is 0 Å². The summed E-state index contributed by atoms with van der Waals surface area (Å²) in [5, 5.41) is 16.2. The van der Waals surface area contributed by atoms with E-state index in [-0.39, 0.29) is 0 Å².